The lowest BCUT2D eigenvalue weighted by atomic mass is 10.1. The SMILES string of the molecule is CCCCCC(O)C#C/C=C\Cl. The first-order valence-electron chi connectivity index (χ1n) is 4.25. The molecule has 0 aromatic carbocycles. The van der Waals surface area contributed by atoms with Gasteiger partial charge in [0.25, 0.3) is 0 Å². The molecule has 1 N–H and O–H groups in total. The van der Waals surface area contributed by atoms with E-state index >= 15 is 0 Å². The molecule has 0 spiro atoms. The molecule has 1 unspecified atom stereocenters. The summed E-state index contributed by atoms with van der Waals surface area (Å²) in [6.45, 7) is 2.13. The van der Waals surface area contributed by atoms with Crippen molar-refractivity contribution in [3.05, 3.63) is 11.6 Å². The van der Waals surface area contributed by atoms with E-state index in [4.69, 9.17) is 11.6 Å². The Bertz CT molecular complexity index is 176. The third-order valence-electron chi connectivity index (χ3n) is 1.48. The van der Waals surface area contributed by atoms with E-state index in [-0.39, 0.29) is 0 Å². The predicted octanol–water partition coefficient (Wildman–Crippen LogP) is 2.68. The molecule has 2 heteroatoms. The smallest absolute Gasteiger partial charge is 0.115 e. The zero-order valence-electron chi connectivity index (χ0n) is 7.39. The van der Waals surface area contributed by atoms with E-state index < -0.39 is 6.10 Å². The molecular formula is C10H15ClO. The maximum atomic E-state index is 9.25. The number of hydrogen-bond donors (Lipinski definition) is 1. The third kappa shape index (κ3) is 7.65. The molecular weight excluding hydrogens is 172 g/mol. The summed E-state index contributed by atoms with van der Waals surface area (Å²) in [4.78, 5) is 0. The van der Waals surface area contributed by atoms with Gasteiger partial charge >= 0.3 is 0 Å². The van der Waals surface area contributed by atoms with Crippen LogP contribution in [0.4, 0.5) is 0 Å². The largest absolute Gasteiger partial charge is 0.380 e. The van der Waals surface area contributed by atoms with Crippen LogP contribution < -0.4 is 0 Å². The van der Waals surface area contributed by atoms with Gasteiger partial charge in [-0.2, -0.15) is 0 Å². The van der Waals surface area contributed by atoms with Crippen LogP contribution in [0.25, 0.3) is 0 Å². The van der Waals surface area contributed by atoms with Gasteiger partial charge in [-0.15, -0.1) is 0 Å². The second-order valence-corrected chi connectivity index (χ2v) is 2.84. The van der Waals surface area contributed by atoms with Crippen LogP contribution in [-0.4, -0.2) is 11.2 Å². The van der Waals surface area contributed by atoms with Crippen molar-refractivity contribution < 1.29 is 5.11 Å². The second-order valence-electron chi connectivity index (χ2n) is 2.59. The van der Waals surface area contributed by atoms with Gasteiger partial charge in [-0.25, -0.2) is 0 Å². The highest BCUT2D eigenvalue weighted by molar-refractivity contribution is 6.25. The third-order valence-corrected chi connectivity index (χ3v) is 1.60. The Morgan fingerprint density at radius 1 is 1.50 bits per heavy atom. The van der Waals surface area contributed by atoms with Gasteiger partial charge in [-0.05, 0) is 18.9 Å². The van der Waals surface area contributed by atoms with Gasteiger partial charge in [0.15, 0.2) is 0 Å². The van der Waals surface area contributed by atoms with Crippen molar-refractivity contribution in [1.82, 2.24) is 0 Å². The first-order chi connectivity index (χ1) is 5.81. The number of allylic oxidation sites excluding steroid dienone is 1. The van der Waals surface area contributed by atoms with E-state index in [1.807, 2.05) is 0 Å². The molecule has 0 rings (SSSR count). The highest BCUT2D eigenvalue weighted by Crippen LogP contribution is 2.01. The summed E-state index contributed by atoms with van der Waals surface area (Å²) in [5.41, 5.74) is 1.34. The minimum absolute atomic E-state index is 0.496. The molecule has 0 saturated carbocycles. The molecule has 0 aromatic heterocycles. The number of hydrogen-bond acceptors (Lipinski definition) is 1. The molecule has 0 aliphatic rings. The van der Waals surface area contributed by atoms with Crippen molar-refractivity contribution in [2.75, 3.05) is 0 Å². The first-order valence-corrected chi connectivity index (χ1v) is 4.69. The highest BCUT2D eigenvalue weighted by atomic mass is 35.5. The minimum atomic E-state index is -0.496. The van der Waals surface area contributed by atoms with Gasteiger partial charge in [-0.3, -0.25) is 0 Å². The van der Waals surface area contributed by atoms with Crippen LogP contribution in [0.1, 0.15) is 32.6 Å². The fraction of sp³-hybridized carbons (Fsp3) is 0.600. The highest BCUT2D eigenvalue weighted by Gasteiger charge is 1.96. The molecule has 0 radical (unpaired) electrons. The molecule has 1 nitrogen and oxygen atoms in total. The quantitative estimate of drug-likeness (QED) is 0.529. The maximum Gasteiger partial charge on any atom is 0.115 e. The van der Waals surface area contributed by atoms with Crippen LogP contribution >= 0.6 is 11.6 Å². The predicted molar refractivity (Wildman–Crippen MR) is 52.9 cm³/mol. The van der Waals surface area contributed by atoms with Gasteiger partial charge in [0.05, 0.1) is 0 Å². The second kappa shape index (κ2) is 8.64. The number of aliphatic hydroxyl groups excluding tert-OH is 1. The van der Waals surface area contributed by atoms with Crippen molar-refractivity contribution in [3.8, 4) is 11.8 Å². The lowest BCUT2D eigenvalue weighted by molar-refractivity contribution is 0.217. The number of aliphatic hydroxyl groups is 1. The van der Waals surface area contributed by atoms with E-state index in [2.05, 4.69) is 18.8 Å². The molecule has 0 saturated heterocycles. The van der Waals surface area contributed by atoms with Gasteiger partial charge in [0.2, 0.25) is 0 Å². The summed E-state index contributed by atoms with van der Waals surface area (Å²) in [5.74, 6) is 5.33. The van der Waals surface area contributed by atoms with Crippen LogP contribution in [0.15, 0.2) is 11.6 Å². The lowest BCUT2D eigenvalue weighted by Gasteiger charge is -2.00. The van der Waals surface area contributed by atoms with E-state index in [0.717, 1.165) is 19.3 Å². The maximum absolute atomic E-state index is 9.25. The van der Waals surface area contributed by atoms with Crippen molar-refractivity contribution in [2.24, 2.45) is 0 Å². The van der Waals surface area contributed by atoms with Crippen LogP contribution in [0, 0.1) is 11.8 Å². The van der Waals surface area contributed by atoms with Gasteiger partial charge in [-0.1, -0.05) is 43.2 Å². The van der Waals surface area contributed by atoms with Crippen molar-refractivity contribution in [3.63, 3.8) is 0 Å². The lowest BCUT2D eigenvalue weighted by Crippen LogP contribution is -2.01. The summed E-state index contributed by atoms with van der Waals surface area (Å²) in [6.07, 6.45) is 5.15. The van der Waals surface area contributed by atoms with Crippen LogP contribution in [0.2, 0.25) is 0 Å². The zero-order chi connectivity index (χ0) is 9.23. The fourth-order valence-corrected chi connectivity index (χ4v) is 0.899. The molecule has 68 valence electrons. The molecule has 0 aromatic rings. The minimum Gasteiger partial charge on any atom is -0.380 e. The standard InChI is InChI=1S/C10H15ClO/c1-2-3-4-7-10(12)8-5-6-9-11/h6,9-10,12H,2-4,7H2,1H3/b9-6-. The Kier molecular flexibility index (Phi) is 8.32. The Balaban J connectivity index is 3.46. The summed E-state index contributed by atoms with van der Waals surface area (Å²) in [6, 6.07) is 0. The van der Waals surface area contributed by atoms with Crippen molar-refractivity contribution in [2.45, 2.75) is 38.7 Å². The summed E-state index contributed by atoms with van der Waals surface area (Å²) in [7, 11) is 0. The van der Waals surface area contributed by atoms with Crippen LogP contribution in [-0.2, 0) is 0 Å². The van der Waals surface area contributed by atoms with Gasteiger partial charge in [0, 0.05) is 5.54 Å². The summed E-state index contributed by atoms with van der Waals surface area (Å²) >= 11 is 5.25. The normalized spacial score (nSPS) is 12.6. The molecule has 1 atom stereocenters. The monoisotopic (exact) mass is 186 g/mol. The Morgan fingerprint density at radius 2 is 2.25 bits per heavy atom. The molecule has 0 heterocycles. The molecule has 0 bridgehead atoms. The van der Waals surface area contributed by atoms with Crippen molar-refractivity contribution in [1.29, 1.82) is 0 Å². The van der Waals surface area contributed by atoms with E-state index in [1.165, 1.54) is 18.0 Å². The Labute approximate surface area is 79.4 Å². The molecule has 0 aliphatic carbocycles. The average molecular weight is 187 g/mol. The number of halogens is 1. The van der Waals surface area contributed by atoms with Crippen LogP contribution in [0.5, 0.6) is 0 Å². The number of rotatable bonds is 4. The molecule has 0 aliphatic heterocycles. The van der Waals surface area contributed by atoms with E-state index in [9.17, 15) is 5.11 Å². The van der Waals surface area contributed by atoms with Crippen LogP contribution in [0.3, 0.4) is 0 Å². The van der Waals surface area contributed by atoms with Gasteiger partial charge < -0.3 is 5.11 Å². The van der Waals surface area contributed by atoms with Crippen molar-refractivity contribution >= 4 is 11.6 Å². The first kappa shape index (κ1) is 11.6. The fourth-order valence-electron chi connectivity index (χ4n) is 0.836. The van der Waals surface area contributed by atoms with Gasteiger partial charge in [0.1, 0.15) is 6.10 Å². The number of unbranched alkanes of at least 4 members (excludes halogenated alkanes) is 2. The molecule has 0 fully saturated rings. The Hall–Kier alpha value is -0.450. The van der Waals surface area contributed by atoms with E-state index in [1.54, 1.807) is 0 Å². The summed E-state index contributed by atoms with van der Waals surface area (Å²) < 4.78 is 0. The average Bonchev–Trinajstić information content (AvgIpc) is 2.06. The topological polar surface area (TPSA) is 20.2 Å². The molecule has 12 heavy (non-hydrogen) atoms. The summed E-state index contributed by atoms with van der Waals surface area (Å²) in [5, 5.41) is 9.25. The molecule has 0 amide bonds. The Morgan fingerprint density at radius 3 is 2.83 bits per heavy atom. The zero-order valence-corrected chi connectivity index (χ0v) is 8.14. The van der Waals surface area contributed by atoms with E-state index in [0.29, 0.717) is 0 Å².